The van der Waals surface area contributed by atoms with E-state index in [1.165, 1.54) is 23.1 Å². The number of nitrogens with zero attached hydrogens (tertiary/aromatic N) is 2. The van der Waals surface area contributed by atoms with Gasteiger partial charge < -0.3 is 14.5 Å². The van der Waals surface area contributed by atoms with Gasteiger partial charge in [-0.15, -0.1) is 0 Å². The minimum absolute atomic E-state index is 0.00355. The van der Waals surface area contributed by atoms with E-state index in [1.54, 1.807) is 6.92 Å². The summed E-state index contributed by atoms with van der Waals surface area (Å²) < 4.78 is 19.3. The van der Waals surface area contributed by atoms with Crippen molar-refractivity contribution in [1.29, 1.82) is 0 Å². The summed E-state index contributed by atoms with van der Waals surface area (Å²) in [4.78, 5) is 25.6. The summed E-state index contributed by atoms with van der Waals surface area (Å²) in [6.07, 6.45) is 1.11. The van der Waals surface area contributed by atoms with Crippen LogP contribution in [0.15, 0.2) is 22.7 Å². The minimum Gasteiger partial charge on any atom is -0.481 e. The van der Waals surface area contributed by atoms with Crippen LogP contribution in [-0.4, -0.2) is 40.1 Å². The van der Waals surface area contributed by atoms with Gasteiger partial charge in [-0.2, -0.15) is 0 Å². The molecule has 0 radical (unpaired) electrons. The van der Waals surface area contributed by atoms with Gasteiger partial charge in [0.1, 0.15) is 22.8 Å². The van der Waals surface area contributed by atoms with Crippen LogP contribution in [0.2, 0.25) is 5.02 Å². The number of rotatable bonds is 3. The largest absolute Gasteiger partial charge is 0.481 e. The molecule has 1 aliphatic heterocycles. The maximum atomic E-state index is 14.2. The third kappa shape index (κ3) is 3.24. The van der Waals surface area contributed by atoms with Crippen molar-refractivity contribution in [2.45, 2.75) is 19.8 Å². The second-order valence-electron chi connectivity index (χ2n) is 5.99. The number of aryl methyl sites for hydroxylation is 1. The molecule has 2 aromatic rings. The van der Waals surface area contributed by atoms with Gasteiger partial charge in [-0.1, -0.05) is 22.8 Å². The van der Waals surface area contributed by atoms with Crippen LogP contribution in [0.5, 0.6) is 0 Å². The van der Waals surface area contributed by atoms with E-state index in [0.29, 0.717) is 19.4 Å². The number of aliphatic carboxylic acids is 1. The Morgan fingerprint density at radius 1 is 1.44 bits per heavy atom. The van der Waals surface area contributed by atoms with Crippen LogP contribution < -0.4 is 0 Å². The molecule has 132 valence electrons. The topological polar surface area (TPSA) is 83.6 Å². The third-order valence-corrected chi connectivity index (χ3v) is 4.65. The standard InChI is InChI=1S/C17H16ClFN2O4/c1-9-13(16(22)21-7-3-4-10(8-21)17(23)24)15(20-25-9)14-11(18)5-2-6-12(14)19/h2,5-6,10H,3-4,7-8H2,1H3,(H,23,24). The Morgan fingerprint density at radius 3 is 2.88 bits per heavy atom. The number of carbonyl (C=O) groups is 2. The number of hydrogen-bond acceptors (Lipinski definition) is 4. The second kappa shape index (κ2) is 6.84. The van der Waals surface area contributed by atoms with Gasteiger partial charge in [-0.05, 0) is 31.9 Å². The summed E-state index contributed by atoms with van der Waals surface area (Å²) >= 11 is 6.08. The van der Waals surface area contributed by atoms with Crippen LogP contribution in [0.25, 0.3) is 11.3 Å². The van der Waals surface area contributed by atoms with Gasteiger partial charge in [0.05, 0.1) is 16.5 Å². The first-order chi connectivity index (χ1) is 11.9. The Bertz CT molecular complexity index is 816. The maximum Gasteiger partial charge on any atom is 0.308 e. The summed E-state index contributed by atoms with van der Waals surface area (Å²) in [5.41, 5.74) is 0.136. The van der Waals surface area contributed by atoms with Crippen LogP contribution in [-0.2, 0) is 4.79 Å². The molecule has 1 saturated heterocycles. The monoisotopic (exact) mass is 366 g/mol. The van der Waals surface area contributed by atoms with E-state index in [4.69, 9.17) is 16.1 Å². The van der Waals surface area contributed by atoms with Crippen molar-refractivity contribution in [3.05, 3.63) is 40.4 Å². The van der Waals surface area contributed by atoms with Gasteiger partial charge in [-0.25, -0.2) is 4.39 Å². The highest BCUT2D eigenvalue weighted by atomic mass is 35.5. The first-order valence-corrected chi connectivity index (χ1v) is 8.20. The molecule has 0 saturated carbocycles. The first kappa shape index (κ1) is 17.4. The number of carboxylic acid groups (broad SMARTS) is 1. The molecule has 25 heavy (non-hydrogen) atoms. The molecule has 8 heteroatoms. The number of piperidine rings is 1. The summed E-state index contributed by atoms with van der Waals surface area (Å²) in [5, 5.41) is 13.1. The fourth-order valence-corrected chi connectivity index (χ4v) is 3.29. The Labute approximate surface area is 148 Å². The number of likely N-dealkylation sites (tertiary alicyclic amines) is 1. The zero-order valence-corrected chi connectivity index (χ0v) is 14.2. The number of benzene rings is 1. The average Bonchev–Trinajstić information content (AvgIpc) is 2.95. The summed E-state index contributed by atoms with van der Waals surface area (Å²) in [5.74, 6) is -2.36. The lowest BCUT2D eigenvalue weighted by molar-refractivity contribution is -0.143. The lowest BCUT2D eigenvalue weighted by Gasteiger charge is -2.30. The van der Waals surface area contributed by atoms with Crippen molar-refractivity contribution < 1.29 is 23.6 Å². The van der Waals surface area contributed by atoms with Gasteiger partial charge >= 0.3 is 5.97 Å². The molecule has 1 unspecified atom stereocenters. The van der Waals surface area contributed by atoms with Crippen molar-refractivity contribution >= 4 is 23.5 Å². The minimum atomic E-state index is -0.933. The van der Waals surface area contributed by atoms with Crippen molar-refractivity contribution in [1.82, 2.24) is 10.1 Å². The first-order valence-electron chi connectivity index (χ1n) is 7.83. The molecule has 0 bridgehead atoms. The zero-order chi connectivity index (χ0) is 18.1. The number of carbonyl (C=O) groups excluding carboxylic acids is 1. The molecule has 3 rings (SSSR count). The van der Waals surface area contributed by atoms with E-state index < -0.39 is 23.6 Å². The SMILES string of the molecule is Cc1onc(-c2c(F)cccc2Cl)c1C(=O)N1CCCC(C(=O)O)C1. The van der Waals surface area contributed by atoms with Crippen molar-refractivity contribution in [2.75, 3.05) is 13.1 Å². The number of halogens is 2. The predicted molar refractivity (Wildman–Crippen MR) is 87.9 cm³/mol. The molecule has 1 aromatic carbocycles. The molecular formula is C17H16ClFN2O4. The van der Waals surface area contributed by atoms with Gasteiger partial charge in [0.2, 0.25) is 0 Å². The van der Waals surface area contributed by atoms with Crippen molar-refractivity contribution in [3.8, 4) is 11.3 Å². The van der Waals surface area contributed by atoms with E-state index in [2.05, 4.69) is 5.16 Å². The lowest BCUT2D eigenvalue weighted by atomic mass is 9.97. The molecule has 1 aromatic heterocycles. The van der Waals surface area contributed by atoms with Crippen molar-refractivity contribution in [2.24, 2.45) is 5.92 Å². The van der Waals surface area contributed by atoms with Crippen LogP contribution in [0, 0.1) is 18.7 Å². The summed E-state index contributed by atoms with van der Waals surface area (Å²) in [7, 11) is 0. The summed E-state index contributed by atoms with van der Waals surface area (Å²) in [6, 6.07) is 4.18. The molecule has 6 nitrogen and oxygen atoms in total. The Morgan fingerprint density at radius 2 is 2.20 bits per heavy atom. The molecule has 1 fully saturated rings. The predicted octanol–water partition coefficient (Wildman–Crippen LogP) is 3.38. The smallest absolute Gasteiger partial charge is 0.308 e. The maximum absolute atomic E-state index is 14.2. The Balaban J connectivity index is 2.00. The van der Waals surface area contributed by atoms with Crippen LogP contribution >= 0.6 is 11.6 Å². The van der Waals surface area contributed by atoms with Gasteiger partial charge in [0.25, 0.3) is 5.91 Å². The number of hydrogen-bond donors (Lipinski definition) is 1. The average molecular weight is 367 g/mol. The van der Waals surface area contributed by atoms with E-state index in [-0.39, 0.29) is 34.1 Å². The Hall–Kier alpha value is -2.41. The van der Waals surface area contributed by atoms with Crippen LogP contribution in [0.1, 0.15) is 29.0 Å². The number of amides is 1. The lowest BCUT2D eigenvalue weighted by Crippen LogP contribution is -2.42. The van der Waals surface area contributed by atoms with E-state index >= 15 is 0 Å². The van der Waals surface area contributed by atoms with Crippen LogP contribution in [0.4, 0.5) is 4.39 Å². The summed E-state index contributed by atoms with van der Waals surface area (Å²) in [6.45, 7) is 2.08. The molecule has 2 heterocycles. The fraction of sp³-hybridized carbons (Fsp3) is 0.353. The number of carboxylic acids is 1. The fourth-order valence-electron chi connectivity index (χ4n) is 3.04. The molecule has 1 amide bonds. The van der Waals surface area contributed by atoms with E-state index in [9.17, 15) is 19.1 Å². The van der Waals surface area contributed by atoms with Gasteiger partial charge in [0.15, 0.2) is 0 Å². The molecule has 1 N–H and O–H groups in total. The quantitative estimate of drug-likeness (QED) is 0.900. The molecule has 1 aliphatic rings. The van der Waals surface area contributed by atoms with Gasteiger partial charge in [0, 0.05) is 13.1 Å². The van der Waals surface area contributed by atoms with E-state index in [0.717, 1.165) is 0 Å². The highest BCUT2D eigenvalue weighted by molar-refractivity contribution is 6.33. The zero-order valence-electron chi connectivity index (χ0n) is 13.5. The van der Waals surface area contributed by atoms with Crippen molar-refractivity contribution in [3.63, 3.8) is 0 Å². The number of aromatic nitrogens is 1. The van der Waals surface area contributed by atoms with Crippen LogP contribution in [0.3, 0.4) is 0 Å². The highest BCUT2D eigenvalue weighted by Crippen LogP contribution is 2.34. The molecule has 0 spiro atoms. The molecular weight excluding hydrogens is 351 g/mol. The second-order valence-corrected chi connectivity index (χ2v) is 6.39. The van der Waals surface area contributed by atoms with E-state index in [1.807, 2.05) is 0 Å². The van der Waals surface area contributed by atoms with Gasteiger partial charge in [-0.3, -0.25) is 9.59 Å². The normalized spacial score (nSPS) is 17.6. The molecule has 0 aliphatic carbocycles. The third-order valence-electron chi connectivity index (χ3n) is 4.33. The molecule has 1 atom stereocenters. The Kier molecular flexibility index (Phi) is 4.76. The highest BCUT2D eigenvalue weighted by Gasteiger charge is 2.33.